The summed E-state index contributed by atoms with van der Waals surface area (Å²) in [6.07, 6.45) is -4.46. The summed E-state index contributed by atoms with van der Waals surface area (Å²) in [6.45, 7) is 3.79. The van der Waals surface area contributed by atoms with E-state index in [1.807, 2.05) is 38.1 Å². The molecule has 0 atom stereocenters. The molecule has 29 heavy (non-hydrogen) atoms. The van der Waals surface area contributed by atoms with Gasteiger partial charge in [-0.25, -0.2) is 4.98 Å². The molecule has 3 aromatic rings. The fourth-order valence-electron chi connectivity index (χ4n) is 2.66. The summed E-state index contributed by atoms with van der Waals surface area (Å²) < 4.78 is 43.4. The molecule has 0 aliphatic heterocycles. The molecule has 1 N–H and O–H groups in total. The third-order valence-corrected chi connectivity index (χ3v) is 5.44. The number of halogens is 3. The molecule has 0 fully saturated rings. The van der Waals surface area contributed by atoms with Crippen LogP contribution in [0.5, 0.6) is 5.75 Å². The summed E-state index contributed by atoms with van der Waals surface area (Å²) >= 11 is 1.50. The minimum Gasteiger partial charge on any atom is -0.484 e. The van der Waals surface area contributed by atoms with E-state index in [2.05, 4.69) is 10.3 Å². The van der Waals surface area contributed by atoms with Gasteiger partial charge in [0.05, 0.1) is 17.8 Å². The fraction of sp³-hybridized carbons (Fsp3) is 0.238. The smallest absolute Gasteiger partial charge is 0.416 e. The predicted molar refractivity (Wildman–Crippen MR) is 106 cm³/mol. The quantitative estimate of drug-likeness (QED) is 0.601. The Labute approximate surface area is 170 Å². The average Bonchev–Trinajstić information content (AvgIpc) is 3.05. The van der Waals surface area contributed by atoms with Gasteiger partial charge in [-0.2, -0.15) is 13.2 Å². The number of hydrogen-bond donors (Lipinski definition) is 1. The van der Waals surface area contributed by atoms with E-state index < -0.39 is 17.6 Å². The predicted octanol–water partition coefficient (Wildman–Crippen LogP) is 5.14. The lowest BCUT2D eigenvalue weighted by molar-refractivity contribution is -0.137. The fourth-order valence-corrected chi connectivity index (χ4v) is 3.75. The number of carbonyl (C=O) groups excluding carboxylic acids is 1. The molecular weight excluding hydrogens is 401 g/mol. The normalized spacial score (nSPS) is 11.3. The van der Waals surface area contributed by atoms with E-state index in [0.717, 1.165) is 38.8 Å². The van der Waals surface area contributed by atoms with E-state index in [0.29, 0.717) is 0 Å². The first-order chi connectivity index (χ1) is 13.7. The van der Waals surface area contributed by atoms with Crippen molar-refractivity contribution in [2.24, 2.45) is 0 Å². The number of thiazole rings is 1. The zero-order valence-corrected chi connectivity index (χ0v) is 16.7. The van der Waals surface area contributed by atoms with Gasteiger partial charge in [-0.05, 0) is 37.6 Å². The van der Waals surface area contributed by atoms with Crippen LogP contribution in [0.2, 0.25) is 0 Å². The van der Waals surface area contributed by atoms with Crippen molar-refractivity contribution in [3.05, 3.63) is 70.2 Å². The summed E-state index contributed by atoms with van der Waals surface area (Å²) in [4.78, 5) is 17.5. The first-order valence-electron chi connectivity index (χ1n) is 8.83. The van der Waals surface area contributed by atoms with Crippen LogP contribution in [0.25, 0.3) is 10.6 Å². The van der Waals surface area contributed by atoms with Crippen LogP contribution >= 0.6 is 11.3 Å². The van der Waals surface area contributed by atoms with Crippen molar-refractivity contribution in [3.63, 3.8) is 0 Å². The molecule has 1 amide bonds. The number of nitrogens with one attached hydrogen (secondary N) is 1. The molecule has 1 heterocycles. The van der Waals surface area contributed by atoms with Crippen molar-refractivity contribution in [1.82, 2.24) is 10.3 Å². The molecule has 0 saturated carbocycles. The molecule has 0 radical (unpaired) electrons. The number of benzene rings is 2. The molecule has 0 unspecified atom stereocenters. The Bertz CT molecular complexity index is 1020. The second-order valence-electron chi connectivity index (χ2n) is 6.43. The maximum atomic E-state index is 12.7. The van der Waals surface area contributed by atoms with Gasteiger partial charge in [-0.1, -0.05) is 30.3 Å². The summed E-state index contributed by atoms with van der Waals surface area (Å²) in [6, 6.07) is 12.4. The number of carbonyl (C=O) groups is 1. The van der Waals surface area contributed by atoms with E-state index in [1.54, 1.807) is 0 Å². The van der Waals surface area contributed by atoms with Crippen LogP contribution in [-0.4, -0.2) is 17.5 Å². The molecule has 1 aromatic heterocycles. The Morgan fingerprint density at radius 1 is 1.14 bits per heavy atom. The maximum absolute atomic E-state index is 12.7. The lowest BCUT2D eigenvalue weighted by Gasteiger charge is -2.10. The Hall–Kier alpha value is -2.87. The third-order valence-electron chi connectivity index (χ3n) is 4.25. The van der Waals surface area contributed by atoms with Crippen LogP contribution in [0.1, 0.15) is 21.7 Å². The standard InChI is InChI=1S/C21H19F3N2O2S/c1-13-6-3-4-9-17(13)20-26-14(2)18(29-20)11-25-19(27)12-28-16-8-5-7-15(10-16)21(22,23)24/h3-10H,11-12H2,1-2H3,(H,25,27). The van der Waals surface area contributed by atoms with Gasteiger partial charge < -0.3 is 10.1 Å². The van der Waals surface area contributed by atoms with Gasteiger partial charge in [0, 0.05) is 10.4 Å². The van der Waals surface area contributed by atoms with Crippen LogP contribution in [0.15, 0.2) is 48.5 Å². The molecule has 8 heteroatoms. The van der Waals surface area contributed by atoms with E-state index in [9.17, 15) is 18.0 Å². The summed E-state index contributed by atoms with van der Waals surface area (Å²) in [7, 11) is 0. The number of rotatable bonds is 6. The molecular formula is C21H19F3N2O2S. The Kier molecular flexibility index (Phi) is 6.22. The molecule has 0 aliphatic carbocycles. The largest absolute Gasteiger partial charge is 0.484 e. The SMILES string of the molecule is Cc1ccccc1-c1nc(C)c(CNC(=O)COc2cccc(C(F)(F)F)c2)s1. The molecule has 3 rings (SSSR count). The summed E-state index contributed by atoms with van der Waals surface area (Å²) in [5, 5.41) is 3.60. The van der Waals surface area contributed by atoms with Crippen molar-refractivity contribution < 1.29 is 22.7 Å². The summed E-state index contributed by atoms with van der Waals surface area (Å²) in [5.74, 6) is -0.432. The highest BCUT2D eigenvalue weighted by Crippen LogP contribution is 2.31. The van der Waals surface area contributed by atoms with Crippen LogP contribution in [0.3, 0.4) is 0 Å². The Morgan fingerprint density at radius 2 is 1.90 bits per heavy atom. The second kappa shape index (κ2) is 8.65. The topological polar surface area (TPSA) is 51.2 Å². The Balaban J connectivity index is 1.57. The van der Waals surface area contributed by atoms with E-state index in [4.69, 9.17) is 4.74 Å². The molecule has 2 aromatic carbocycles. The van der Waals surface area contributed by atoms with Gasteiger partial charge in [0.15, 0.2) is 6.61 Å². The second-order valence-corrected chi connectivity index (χ2v) is 7.52. The van der Waals surface area contributed by atoms with Crippen LogP contribution in [0.4, 0.5) is 13.2 Å². The molecule has 4 nitrogen and oxygen atoms in total. The van der Waals surface area contributed by atoms with Crippen molar-refractivity contribution in [2.75, 3.05) is 6.61 Å². The molecule has 152 valence electrons. The van der Waals surface area contributed by atoms with E-state index in [1.165, 1.54) is 23.5 Å². The number of hydrogen-bond acceptors (Lipinski definition) is 4. The highest BCUT2D eigenvalue weighted by Gasteiger charge is 2.30. The zero-order chi connectivity index (χ0) is 21.0. The highest BCUT2D eigenvalue weighted by molar-refractivity contribution is 7.15. The highest BCUT2D eigenvalue weighted by atomic mass is 32.1. The number of aromatic nitrogens is 1. The minimum atomic E-state index is -4.46. The number of ether oxygens (including phenoxy) is 1. The van der Waals surface area contributed by atoms with Crippen molar-refractivity contribution in [1.29, 1.82) is 0 Å². The zero-order valence-electron chi connectivity index (χ0n) is 15.8. The van der Waals surface area contributed by atoms with Crippen LogP contribution < -0.4 is 10.1 Å². The third kappa shape index (κ3) is 5.35. The monoisotopic (exact) mass is 420 g/mol. The first-order valence-corrected chi connectivity index (χ1v) is 9.65. The van der Waals surface area contributed by atoms with Crippen molar-refractivity contribution >= 4 is 17.2 Å². The molecule has 0 spiro atoms. The minimum absolute atomic E-state index is 0.00853. The van der Waals surface area contributed by atoms with Gasteiger partial charge >= 0.3 is 6.18 Å². The van der Waals surface area contributed by atoms with Gasteiger partial charge in [0.25, 0.3) is 5.91 Å². The average molecular weight is 420 g/mol. The molecule has 0 saturated heterocycles. The van der Waals surface area contributed by atoms with Gasteiger partial charge in [0.2, 0.25) is 0 Å². The first kappa shape index (κ1) is 20.9. The molecule has 0 bridgehead atoms. The van der Waals surface area contributed by atoms with Crippen LogP contribution in [0, 0.1) is 13.8 Å². The van der Waals surface area contributed by atoms with Crippen LogP contribution in [-0.2, 0) is 17.5 Å². The van der Waals surface area contributed by atoms with Gasteiger partial charge in [-0.3, -0.25) is 4.79 Å². The van der Waals surface area contributed by atoms with Crippen molar-refractivity contribution in [2.45, 2.75) is 26.6 Å². The van der Waals surface area contributed by atoms with Crippen molar-refractivity contribution in [3.8, 4) is 16.3 Å². The number of amides is 1. The number of alkyl halides is 3. The van der Waals surface area contributed by atoms with Gasteiger partial charge in [0.1, 0.15) is 10.8 Å². The van der Waals surface area contributed by atoms with E-state index in [-0.39, 0.29) is 18.9 Å². The maximum Gasteiger partial charge on any atom is 0.416 e. The summed E-state index contributed by atoms with van der Waals surface area (Å²) in [5.41, 5.74) is 2.17. The number of nitrogens with zero attached hydrogens (tertiary/aromatic N) is 1. The Morgan fingerprint density at radius 3 is 2.62 bits per heavy atom. The lowest BCUT2D eigenvalue weighted by Crippen LogP contribution is -2.28. The molecule has 0 aliphatic rings. The van der Waals surface area contributed by atoms with Gasteiger partial charge in [-0.15, -0.1) is 11.3 Å². The van der Waals surface area contributed by atoms with E-state index >= 15 is 0 Å². The number of aryl methyl sites for hydroxylation is 2. The lowest BCUT2D eigenvalue weighted by atomic mass is 10.1.